The van der Waals surface area contributed by atoms with Gasteiger partial charge in [0.1, 0.15) is 6.61 Å². The van der Waals surface area contributed by atoms with Gasteiger partial charge in [-0.2, -0.15) is 0 Å². The van der Waals surface area contributed by atoms with Crippen molar-refractivity contribution in [3.63, 3.8) is 0 Å². The SMILES string of the molecule is C#CC[C@@H]1COC(=O)N1. The van der Waals surface area contributed by atoms with E-state index >= 15 is 0 Å². The van der Waals surface area contributed by atoms with E-state index in [1.54, 1.807) is 0 Å². The second kappa shape index (κ2) is 2.40. The first-order chi connectivity index (χ1) is 4.33. The van der Waals surface area contributed by atoms with E-state index in [4.69, 9.17) is 6.42 Å². The van der Waals surface area contributed by atoms with Crippen LogP contribution in [0.4, 0.5) is 4.79 Å². The minimum atomic E-state index is -0.366. The van der Waals surface area contributed by atoms with Crippen LogP contribution in [-0.4, -0.2) is 18.7 Å². The highest BCUT2D eigenvalue weighted by atomic mass is 16.6. The summed E-state index contributed by atoms with van der Waals surface area (Å²) in [4.78, 5) is 10.3. The Kier molecular flexibility index (Phi) is 1.59. The summed E-state index contributed by atoms with van der Waals surface area (Å²) < 4.78 is 4.57. The first-order valence-electron chi connectivity index (χ1n) is 2.69. The molecule has 0 bridgehead atoms. The Labute approximate surface area is 53.4 Å². The maximum absolute atomic E-state index is 10.3. The molecule has 1 aliphatic heterocycles. The Morgan fingerprint density at radius 3 is 3.22 bits per heavy atom. The molecule has 0 aliphatic carbocycles. The van der Waals surface area contributed by atoms with Crippen LogP contribution >= 0.6 is 0 Å². The van der Waals surface area contributed by atoms with Crippen LogP contribution in [0.1, 0.15) is 6.42 Å². The van der Waals surface area contributed by atoms with Gasteiger partial charge in [-0.15, -0.1) is 12.3 Å². The smallest absolute Gasteiger partial charge is 0.407 e. The number of carbonyl (C=O) groups is 1. The number of nitrogens with one attached hydrogen (secondary N) is 1. The normalized spacial score (nSPS) is 24.3. The van der Waals surface area contributed by atoms with Gasteiger partial charge < -0.3 is 10.1 Å². The van der Waals surface area contributed by atoms with Gasteiger partial charge in [0, 0.05) is 6.42 Å². The number of amides is 1. The van der Waals surface area contributed by atoms with Gasteiger partial charge in [-0.3, -0.25) is 0 Å². The zero-order valence-corrected chi connectivity index (χ0v) is 4.89. The van der Waals surface area contributed by atoms with Crippen molar-refractivity contribution in [2.24, 2.45) is 0 Å². The maximum atomic E-state index is 10.3. The van der Waals surface area contributed by atoms with E-state index < -0.39 is 0 Å². The second-order valence-corrected chi connectivity index (χ2v) is 1.85. The summed E-state index contributed by atoms with van der Waals surface area (Å²) in [5.41, 5.74) is 0. The van der Waals surface area contributed by atoms with Crippen molar-refractivity contribution in [1.29, 1.82) is 0 Å². The van der Waals surface area contributed by atoms with Gasteiger partial charge in [-0.1, -0.05) is 0 Å². The lowest BCUT2D eigenvalue weighted by Crippen LogP contribution is -2.25. The van der Waals surface area contributed by atoms with E-state index in [1.165, 1.54) is 0 Å². The quantitative estimate of drug-likeness (QED) is 0.505. The van der Waals surface area contributed by atoms with Crippen LogP contribution in [0.5, 0.6) is 0 Å². The summed E-state index contributed by atoms with van der Waals surface area (Å²) in [5.74, 6) is 2.44. The molecule has 1 rings (SSSR count). The van der Waals surface area contributed by atoms with Crippen molar-refractivity contribution in [3.05, 3.63) is 0 Å². The summed E-state index contributed by atoms with van der Waals surface area (Å²) in [6.07, 6.45) is 5.18. The van der Waals surface area contributed by atoms with Crippen LogP contribution in [0.25, 0.3) is 0 Å². The van der Waals surface area contributed by atoms with Crippen molar-refractivity contribution >= 4 is 6.09 Å². The fourth-order valence-electron chi connectivity index (χ4n) is 0.678. The third-order valence-electron chi connectivity index (χ3n) is 1.10. The van der Waals surface area contributed by atoms with Crippen molar-refractivity contribution in [1.82, 2.24) is 5.32 Å². The summed E-state index contributed by atoms with van der Waals surface area (Å²) in [6.45, 7) is 0.406. The molecule has 48 valence electrons. The summed E-state index contributed by atoms with van der Waals surface area (Å²) in [7, 11) is 0. The molecule has 0 unspecified atom stereocenters. The molecule has 0 spiro atoms. The third kappa shape index (κ3) is 1.36. The van der Waals surface area contributed by atoms with Gasteiger partial charge in [-0.25, -0.2) is 4.79 Å². The highest BCUT2D eigenvalue weighted by molar-refractivity contribution is 5.69. The zero-order chi connectivity index (χ0) is 6.69. The van der Waals surface area contributed by atoms with Crippen LogP contribution in [0.3, 0.4) is 0 Å². The van der Waals surface area contributed by atoms with E-state index in [-0.39, 0.29) is 12.1 Å². The molecule has 0 aromatic heterocycles. The standard InChI is InChI=1S/C6H7NO2/c1-2-3-5-4-9-6(8)7-5/h1,5H,3-4H2,(H,7,8)/t5-/m1/s1. The molecule has 1 atom stereocenters. The molecule has 3 heteroatoms. The van der Waals surface area contributed by atoms with Crippen LogP contribution in [-0.2, 0) is 4.74 Å². The minimum absolute atomic E-state index is 0.0301. The molecule has 0 aromatic rings. The molecule has 1 amide bonds. The van der Waals surface area contributed by atoms with Crippen LogP contribution in [0, 0.1) is 12.3 Å². The third-order valence-corrected chi connectivity index (χ3v) is 1.10. The monoisotopic (exact) mass is 125 g/mol. The van der Waals surface area contributed by atoms with Gasteiger partial charge >= 0.3 is 6.09 Å². The Balaban J connectivity index is 2.32. The average Bonchev–Trinajstić information content (AvgIpc) is 2.17. The van der Waals surface area contributed by atoms with Crippen LogP contribution in [0.15, 0.2) is 0 Å². The molecule has 1 saturated heterocycles. The topological polar surface area (TPSA) is 38.3 Å². The highest BCUT2D eigenvalue weighted by Gasteiger charge is 2.20. The van der Waals surface area contributed by atoms with Gasteiger partial charge in [0.15, 0.2) is 0 Å². The number of alkyl carbamates (subject to hydrolysis) is 1. The van der Waals surface area contributed by atoms with Crippen molar-refractivity contribution in [2.45, 2.75) is 12.5 Å². The van der Waals surface area contributed by atoms with Gasteiger partial charge in [0.25, 0.3) is 0 Å². The van der Waals surface area contributed by atoms with Gasteiger partial charge in [0.2, 0.25) is 0 Å². The zero-order valence-electron chi connectivity index (χ0n) is 4.89. The molecule has 1 heterocycles. The van der Waals surface area contributed by atoms with E-state index in [0.29, 0.717) is 13.0 Å². The summed E-state index contributed by atoms with van der Waals surface area (Å²) in [5, 5.41) is 2.55. The average molecular weight is 125 g/mol. The fourth-order valence-corrected chi connectivity index (χ4v) is 0.678. The second-order valence-electron chi connectivity index (χ2n) is 1.85. The molecule has 3 nitrogen and oxygen atoms in total. The van der Waals surface area contributed by atoms with Gasteiger partial charge in [0.05, 0.1) is 6.04 Å². The molecule has 1 aliphatic rings. The lowest BCUT2D eigenvalue weighted by molar-refractivity contribution is 0.177. The van der Waals surface area contributed by atoms with E-state index in [9.17, 15) is 4.79 Å². The predicted octanol–water partition coefficient (Wildman–Crippen LogP) is 0.118. The summed E-state index contributed by atoms with van der Waals surface area (Å²) >= 11 is 0. The predicted molar refractivity (Wildman–Crippen MR) is 31.7 cm³/mol. The number of carbonyl (C=O) groups excluding carboxylic acids is 1. The molecule has 1 N–H and O–H groups in total. The van der Waals surface area contributed by atoms with Crippen molar-refractivity contribution in [2.75, 3.05) is 6.61 Å². The fraction of sp³-hybridized carbons (Fsp3) is 0.500. The molecular weight excluding hydrogens is 118 g/mol. The largest absolute Gasteiger partial charge is 0.447 e. The maximum Gasteiger partial charge on any atom is 0.407 e. The van der Waals surface area contributed by atoms with E-state index in [2.05, 4.69) is 16.0 Å². The first-order valence-corrected chi connectivity index (χ1v) is 2.69. The number of rotatable bonds is 1. The molecule has 1 fully saturated rings. The minimum Gasteiger partial charge on any atom is -0.447 e. The van der Waals surface area contributed by atoms with Crippen molar-refractivity contribution in [3.8, 4) is 12.3 Å². The Hall–Kier alpha value is -1.17. The van der Waals surface area contributed by atoms with E-state index in [1.807, 2.05) is 0 Å². The Morgan fingerprint density at radius 2 is 2.78 bits per heavy atom. The first kappa shape index (κ1) is 5.96. The number of hydrogen-bond donors (Lipinski definition) is 1. The molecule has 9 heavy (non-hydrogen) atoms. The Bertz CT molecular complexity index is 159. The van der Waals surface area contributed by atoms with Gasteiger partial charge in [-0.05, 0) is 0 Å². The number of cyclic esters (lactones) is 1. The number of terminal acetylenes is 1. The van der Waals surface area contributed by atoms with Crippen LogP contribution < -0.4 is 5.32 Å². The molecule has 0 radical (unpaired) electrons. The summed E-state index contributed by atoms with van der Waals surface area (Å²) in [6, 6.07) is 0.0301. The van der Waals surface area contributed by atoms with Crippen LogP contribution in [0.2, 0.25) is 0 Å². The number of hydrogen-bond acceptors (Lipinski definition) is 2. The molecular formula is C6H7NO2. The molecule has 0 saturated carbocycles. The van der Waals surface area contributed by atoms with E-state index in [0.717, 1.165) is 0 Å². The molecule has 0 aromatic carbocycles. The lowest BCUT2D eigenvalue weighted by Gasteiger charge is -1.97. The highest BCUT2D eigenvalue weighted by Crippen LogP contribution is 1.99. The van der Waals surface area contributed by atoms with Crippen molar-refractivity contribution < 1.29 is 9.53 Å². The number of ether oxygens (including phenoxy) is 1. The Morgan fingerprint density at radius 1 is 2.00 bits per heavy atom. The lowest BCUT2D eigenvalue weighted by atomic mass is 10.2.